The summed E-state index contributed by atoms with van der Waals surface area (Å²) >= 11 is 0. The average Bonchev–Trinajstić information content (AvgIpc) is 3.44. The van der Waals surface area contributed by atoms with E-state index in [1.807, 2.05) is 24.3 Å². The lowest BCUT2D eigenvalue weighted by Gasteiger charge is -2.21. The van der Waals surface area contributed by atoms with E-state index >= 15 is 0 Å². The van der Waals surface area contributed by atoms with Gasteiger partial charge in [0.05, 0.1) is 42.7 Å². The number of rotatable bonds is 8. The molecule has 170 valence electrons. The van der Waals surface area contributed by atoms with Gasteiger partial charge in [0.2, 0.25) is 11.5 Å². The van der Waals surface area contributed by atoms with Crippen molar-refractivity contribution in [2.75, 3.05) is 42.7 Å². The quantitative estimate of drug-likeness (QED) is 0.561. The number of fused-ring (bicyclic) bond motifs is 1. The van der Waals surface area contributed by atoms with Crippen molar-refractivity contribution >= 4 is 11.1 Å². The maximum absolute atomic E-state index is 5.57. The lowest BCUT2D eigenvalue weighted by Crippen LogP contribution is -2.08. The molecule has 2 aliphatic rings. The van der Waals surface area contributed by atoms with E-state index in [0.717, 1.165) is 24.0 Å². The Labute approximate surface area is 189 Å². The van der Waals surface area contributed by atoms with Crippen LogP contribution in [0.5, 0.6) is 34.5 Å². The molecule has 0 saturated heterocycles. The van der Waals surface area contributed by atoms with Gasteiger partial charge in [-0.3, -0.25) is 0 Å². The first-order chi connectivity index (χ1) is 15.6. The molecule has 2 aromatic carbocycles. The molecule has 0 amide bonds. The average molecular weight is 439 g/mol. The summed E-state index contributed by atoms with van der Waals surface area (Å²) in [5.74, 6) is 4.68. The molecule has 2 atom stereocenters. The Bertz CT molecular complexity index is 932. The first-order valence-corrected chi connectivity index (χ1v) is 10.6. The second-order valence-corrected chi connectivity index (χ2v) is 7.83. The van der Waals surface area contributed by atoms with E-state index in [1.165, 1.54) is 11.1 Å². The third kappa shape index (κ3) is 3.53. The highest BCUT2D eigenvalue weighted by molar-refractivity contribution is 5.82. The minimum absolute atomic E-state index is 0.395. The topological polar surface area (TPSA) is 55.4 Å². The molecule has 0 unspecified atom stereocenters. The highest BCUT2D eigenvalue weighted by atomic mass is 16.5. The summed E-state index contributed by atoms with van der Waals surface area (Å²) in [4.78, 5) is 0. The van der Waals surface area contributed by atoms with Gasteiger partial charge in [-0.2, -0.15) is 0 Å². The number of benzene rings is 2. The molecule has 2 aromatic rings. The summed E-state index contributed by atoms with van der Waals surface area (Å²) in [5, 5.41) is 0. The molecular formula is C26H30O6. The van der Waals surface area contributed by atoms with E-state index in [0.29, 0.717) is 46.3 Å². The summed E-state index contributed by atoms with van der Waals surface area (Å²) in [6, 6.07) is 8.14. The van der Waals surface area contributed by atoms with E-state index in [2.05, 4.69) is 12.2 Å². The molecule has 0 radical (unpaired) electrons. The number of hydrogen-bond donors (Lipinski definition) is 0. The normalized spacial score (nSPS) is 19.1. The Morgan fingerprint density at radius 1 is 0.500 bits per heavy atom. The molecule has 4 rings (SSSR count). The van der Waals surface area contributed by atoms with Crippen molar-refractivity contribution < 1.29 is 28.4 Å². The summed E-state index contributed by atoms with van der Waals surface area (Å²) in [6.45, 7) is 0. The number of hydrogen-bond acceptors (Lipinski definition) is 6. The first kappa shape index (κ1) is 21.9. The maximum atomic E-state index is 5.57. The standard InChI is InChI=1S/C26H30O6/c1-27-21-11-15(12-22(28-2)25(21)31-5)17-7-9-20-18(8-10-19(17)20)16-13-23(29-3)26(32-6)24(14-16)30-4/h7-8,11-14,19-20H,9-10H2,1-6H3/t19-,20-/m1/s1. The van der Waals surface area contributed by atoms with Gasteiger partial charge >= 0.3 is 0 Å². The van der Waals surface area contributed by atoms with Crippen LogP contribution >= 0.6 is 0 Å². The highest BCUT2D eigenvalue weighted by Gasteiger charge is 2.37. The van der Waals surface area contributed by atoms with Gasteiger partial charge in [0.25, 0.3) is 0 Å². The fraction of sp³-hybridized carbons (Fsp3) is 0.385. The number of methoxy groups -OCH3 is 6. The van der Waals surface area contributed by atoms with Crippen molar-refractivity contribution in [2.45, 2.75) is 12.8 Å². The maximum Gasteiger partial charge on any atom is 0.203 e. The first-order valence-electron chi connectivity index (χ1n) is 10.6. The van der Waals surface area contributed by atoms with Gasteiger partial charge in [0.15, 0.2) is 23.0 Å². The van der Waals surface area contributed by atoms with Crippen LogP contribution in [0.25, 0.3) is 11.1 Å². The molecule has 0 aliphatic heterocycles. The Morgan fingerprint density at radius 2 is 0.812 bits per heavy atom. The molecule has 32 heavy (non-hydrogen) atoms. The Balaban J connectivity index is 1.66. The largest absolute Gasteiger partial charge is 0.493 e. The minimum Gasteiger partial charge on any atom is -0.493 e. The molecule has 0 bridgehead atoms. The molecule has 2 aliphatic carbocycles. The zero-order valence-corrected chi connectivity index (χ0v) is 19.5. The predicted molar refractivity (Wildman–Crippen MR) is 124 cm³/mol. The molecular weight excluding hydrogens is 408 g/mol. The van der Waals surface area contributed by atoms with Crippen molar-refractivity contribution in [3.8, 4) is 34.5 Å². The van der Waals surface area contributed by atoms with Gasteiger partial charge in [0.1, 0.15) is 0 Å². The van der Waals surface area contributed by atoms with Crippen LogP contribution in [0.2, 0.25) is 0 Å². The van der Waals surface area contributed by atoms with E-state index in [4.69, 9.17) is 28.4 Å². The van der Waals surface area contributed by atoms with Crippen LogP contribution in [0.3, 0.4) is 0 Å². The smallest absolute Gasteiger partial charge is 0.203 e. The van der Waals surface area contributed by atoms with Crippen molar-refractivity contribution in [3.63, 3.8) is 0 Å². The molecule has 0 spiro atoms. The van der Waals surface area contributed by atoms with Gasteiger partial charge in [0, 0.05) is 0 Å². The van der Waals surface area contributed by atoms with Crippen molar-refractivity contribution in [1.82, 2.24) is 0 Å². The van der Waals surface area contributed by atoms with Crippen LogP contribution in [-0.4, -0.2) is 42.7 Å². The summed E-state index contributed by atoms with van der Waals surface area (Å²) in [5.41, 5.74) is 4.83. The summed E-state index contributed by atoms with van der Waals surface area (Å²) in [7, 11) is 9.82. The lowest BCUT2D eigenvalue weighted by molar-refractivity contribution is 0.324. The van der Waals surface area contributed by atoms with E-state index in [1.54, 1.807) is 42.7 Å². The third-order valence-electron chi connectivity index (χ3n) is 6.46. The molecule has 6 nitrogen and oxygen atoms in total. The Hall–Kier alpha value is -3.28. The van der Waals surface area contributed by atoms with E-state index in [-0.39, 0.29) is 0 Å². The fourth-order valence-electron chi connectivity index (χ4n) is 4.99. The van der Waals surface area contributed by atoms with E-state index in [9.17, 15) is 0 Å². The second kappa shape index (κ2) is 9.07. The molecule has 0 N–H and O–H groups in total. The third-order valence-corrected chi connectivity index (χ3v) is 6.46. The minimum atomic E-state index is 0.395. The monoisotopic (exact) mass is 438 g/mol. The van der Waals surface area contributed by atoms with Crippen molar-refractivity contribution in [3.05, 3.63) is 47.5 Å². The second-order valence-electron chi connectivity index (χ2n) is 7.83. The van der Waals surface area contributed by atoms with Gasteiger partial charge in [-0.05, 0) is 71.2 Å². The molecule has 6 heteroatoms. The zero-order valence-electron chi connectivity index (χ0n) is 19.5. The number of ether oxygens (including phenoxy) is 6. The molecule has 0 aromatic heterocycles. The summed E-state index contributed by atoms with van der Waals surface area (Å²) in [6.07, 6.45) is 6.61. The Kier molecular flexibility index (Phi) is 6.21. The van der Waals surface area contributed by atoms with Gasteiger partial charge in [-0.1, -0.05) is 12.2 Å². The molecule has 0 saturated carbocycles. The SMILES string of the molecule is COc1cc(C2=CC[C@@H]3C(c4cc(OC)c(OC)c(OC)c4)=CC[C@H]23)cc(OC)c1OC. The number of allylic oxidation sites excluding steroid dienone is 4. The lowest BCUT2D eigenvalue weighted by atomic mass is 9.85. The predicted octanol–water partition coefficient (Wildman–Crippen LogP) is 5.25. The van der Waals surface area contributed by atoms with Crippen LogP contribution in [0.4, 0.5) is 0 Å². The zero-order chi connectivity index (χ0) is 22.8. The van der Waals surface area contributed by atoms with Crippen molar-refractivity contribution in [1.29, 1.82) is 0 Å². The van der Waals surface area contributed by atoms with Crippen molar-refractivity contribution in [2.24, 2.45) is 11.8 Å². The van der Waals surface area contributed by atoms with Gasteiger partial charge in [-0.25, -0.2) is 0 Å². The molecule has 0 fully saturated rings. The van der Waals surface area contributed by atoms with Crippen LogP contribution in [0, 0.1) is 11.8 Å². The highest BCUT2D eigenvalue weighted by Crippen LogP contribution is 2.54. The Morgan fingerprint density at radius 3 is 1.06 bits per heavy atom. The van der Waals surface area contributed by atoms with Crippen LogP contribution in [0.1, 0.15) is 24.0 Å². The van der Waals surface area contributed by atoms with Gasteiger partial charge < -0.3 is 28.4 Å². The fourth-order valence-corrected chi connectivity index (χ4v) is 4.99. The van der Waals surface area contributed by atoms with E-state index < -0.39 is 0 Å². The van der Waals surface area contributed by atoms with Crippen LogP contribution in [-0.2, 0) is 0 Å². The van der Waals surface area contributed by atoms with Crippen LogP contribution in [0.15, 0.2) is 36.4 Å². The summed E-state index contributed by atoms with van der Waals surface area (Å²) < 4.78 is 33.2. The molecule has 0 heterocycles. The van der Waals surface area contributed by atoms with Gasteiger partial charge in [-0.15, -0.1) is 0 Å². The van der Waals surface area contributed by atoms with Crippen LogP contribution < -0.4 is 28.4 Å².